The van der Waals surface area contributed by atoms with Gasteiger partial charge in [-0.05, 0) is 25.8 Å². The molecule has 0 radical (unpaired) electrons. The lowest BCUT2D eigenvalue weighted by Gasteiger charge is -2.46. The Hall–Kier alpha value is -0.640. The molecule has 0 aromatic heterocycles. The van der Waals surface area contributed by atoms with Crippen LogP contribution in [0.1, 0.15) is 33.3 Å². The lowest BCUT2D eigenvalue weighted by Crippen LogP contribution is -2.62. The third-order valence-corrected chi connectivity index (χ3v) is 4.32. The predicted octanol–water partition coefficient (Wildman–Crippen LogP) is 3.69. The average Bonchev–Trinajstić information content (AvgIpc) is 2.33. The number of rotatable bonds is 3. The van der Waals surface area contributed by atoms with Crippen molar-refractivity contribution < 1.29 is 4.39 Å². The summed E-state index contributed by atoms with van der Waals surface area (Å²) in [7, 11) is 0. The van der Waals surface area contributed by atoms with Crippen LogP contribution in [0.3, 0.4) is 0 Å². The summed E-state index contributed by atoms with van der Waals surface area (Å²) < 4.78 is 14.1. The highest BCUT2D eigenvalue weighted by molar-refractivity contribution is 6.30. The molecule has 2 rings (SSSR count). The van der Waals surface area contributed by atoms with Crippen LogP contribution in [0.15, 0.2) is 18.2 Å². The maximum atomic E-state index is 14.1. The van der Waals surface area contributed by atoms with Crippen molar-refractivity contribution in [2.24, 2.45) is 5.92 Å². The molecule has 0 spiro atoms. The fraction of sp³-hybridized carbons (Fsp3) is 0.625. The van der Waals surface area contributed by atoms with Crippen molar-refractivity contribution in [3.63, 3.8) is 0 Å². The smallest absolute Gasteiger partial charge is 0.146 e. The minimum atomic E-state index is -0.284. The zero-order valence-electron chi connectivity index (χ0n) is 12.7. The molecule has 4 heteroatoms. The number of hydrogen-bond donors (Lipinski definition) is 1. The van der Waals surface area contributed by atoms with E-state index in [4.69, 9.17) is 11.6 Å². The Morgan fingerprint density at radius 3 is 2.80 bits per heavy atom. The molecule has 1 fully saturated rings. The van der Waals surface area contributed by atoms with Crippen LogP contribution < -0.4 is 5.32 Å². The van der Waals surface area contributed by atoms with Gasteiger partial charge >= 0.3 is 0 Å². The molecule has 1 saturated heterocycles. The van der Waals surface area contributed by atoms with Crippen molar-refractivity contribution in [2.45, 2.75) is 45.8 Å². The average molecular weight is 299 g/mol. The van der Waals surface area contributed by atoms with E-state index in [1.807, 2.05) is 12.1 Å². The summed E-state index contributed by atoms with van der Waals surface area (Å²) in [6, 6.07) is 5.66. The van der Waals surface area contributed by atoms with Crippen LogP contribution in [0, 0.1) is 11.7 Å². The van der Waals surface area contributed by atoms with Gasteiger partial charge in [-0.25, -0.2) is 4.39 Å². The molecule has 1 aliphatic rings. The highest BCUT2D eigenvalue weighted by atomic mass is 35.5. The molecule has 112 valence electrons. The second kappa shape index (κ2) is 6.00. The van der Waals surface area contributed by atoms with Crippen LogP contribution in [0.2, 0.25) is 5.02 Å². The van der Waals surface area contributed by atoms with E-state index in [0.717, 1.165) is 13.1 Å². The van der Waals surface area contributed by atoms with E-state index in [2.05, 4.69) is 37.9 Å². The Labute approximate surface area is 126 Å². The molecule has 1 atom stereocenters. The van der Waals surface area contributed by atoms with Crippen molar-refractivity contribution >= 4 is 11.6 Å². The van der Waals surface area contributed by atoms with E-state index in [-0.39, 0.29) is 16.4 Å². The van der Waals surface area contributed by atoms with Crippen LogP contribution in [-0.2, 0) is 6.54 Å². The van der Waals surface area contributed by atoms with Crippen LogP contribution in [0.25, 0.3) is 0 Å². The number of hydrogen-bond acceptors (Lipinski definition) is 2. The minimum absolute atomic E-state index is 0.0560. The Balaban J connectivity index is 2.21. The van der Waals surface area contributed by atoms with Gasteiger partial charge < -0.3 is 5.32 Å². The molecule has 1 aliphatic heterocycles. The molecule has 20 heavy (non-hydrogen) atoms. The normalized spacial score (nSPS) is 23.2. The molecular formula is C16H24ClFN2. The third-order valence-electron chi connectivity index (χ3n) is 4.03. The first-order chi connectivity index (χ1) is 9.30. The summed E-state index contributed by atoms with van der Waals surface area (Å²) in [5.41, 5.74) is 0.737. The number of nitrogens with one attached hydrogen (secondary N) is 1. The Kier molecular flexibility index (Phi) is 4.73. The van der Waals surface area contributed by atoms with Gasteiger partial charge in [0.1, 0.15) is 5.82 Å². The summed E-state index contributed by atoms with van der Waals surface area (Å²) in [5, 5.41) is 3.78. The molecule has 1 aromatic carbocycles. The van der Waals surface area contributed by atoms with Gasteiger partial charge in [-0.15, -0.1) is 0 Å². The molecule has 1 N–H and O–H groups in total. The van der Waals surface area contributed by atoms with E-state index in [1.54, 1.807) is 6.07 Å². The monoisotopic (exact) mass is 298 g/mol. The van der Waals surface area contributed by atoms with E-state index in [9.17, 15) is 4.39 Å². The van der Waals surface area contributed by atoms with Gasteiger partial charge in [0.25, 0.3) is 0 Å². The van der Waals surface area contributed by atoms with Crippen molar-refractivity contribution in [1.82, 2.24) is 10.2 Å². The number of piperazine rings is 1. The lowest BCUT2D eigenvalue weighted by atomic mass is 9.92. The summed E-state index contributed by atoms with van der Waals surface area (Å²) in [6.07, 6.45) is 0. The number of nitrogens with zero attached hydrogens (tertiary/aromatic N) is 1. The maximum absolute atomic E-state index is 14.1. The first-order valence-electron chi connectivity index (χ1n) is 7.22. The van der Waals surface area contributed by atoms with Gasteiger partial charge in [-0.3, -0.25) is 4.90 Å². The van der Waals surface area contributed by atoms with Crippen molar-refractivity contribution in [2.75, 3.05) is 13.1 Å². The lowest BCUT2D eigenvalue weighted by molar-refractivity contribution is 0.0618. The van der Waals surface area contributed by atoms with E-state index in [0.29, 0.717) is 24.1 Å². The molecule has 0 bridgehead atoms. The fourth-order valence-corrected chi connectivity index (χ4v) is 3.10. The maximum Gasteiger partial charge on any atom is 0.146 e. The molecule has 2 nitrogen and oxygen atoms in total. The third kappa shape index (κ3) is 3.51. The van der Waals surface area contributed by atoms with Gasteiger partial charge in [0, 0.05) is 36.8 Å². The summed E-state index contributed by atoms with van der Waals surface area (Å²) in [6.45, 7) is 11.3. The highest BCUT2D eigenvalue weighted by Crippen LogP contribution is 2.25. The zero-order valence-corrected chi connectivity index (χ0v) is 13.5. The molecule has 0 saturated carbocycles. The van der Waals surface area contributed by atoms with Gasteiger partial charge in [0.2, 0.25) is 0 Å². The van der Waals surface area contributed by atoms with Crippen molar-refractivity contribution in [3.8, 4) is 0 Å². The zero-order chi connectivity index (χ0) is 14.9. The largest absolute Gasteiger partial charge is 0.309 e. The molecule has 1 unspecified atom stereocenters. The summed E-state index contributed by atoms with van der Waals surface area (Å²) in [5.74, 6) is 0.244. The van der Waals surface area contributed by atoms with Crippen LogP contribution in [0.4, 0.5) is 4.39 Å². The Morgan fingerprint density at radius 2 is 2.15 bits per heavy atom. The van der Waals surface area contributed by atoms with E-state index >= 15 is 0 Å². The van der Waals surface area contributed by atoms with Gasteiger partial charge in [0.05, 0.1) is 5.02 Å². The number of benzene rings is 1. The van der Waals surface area contributed by atoms with Gasteiger partial charge in [0.15, 0.2) is 0 Å². The second-order valence-corrected chi connectivity index (χ2v) is 7.10. The quantitative estimate of drug-likeness (QED) is 0.915. The first kappa shape index (κ1) is 15.7. The van der Waals surface area contributed by atoms with Gasteiger partial charge in [-0.2, -0.15) is 0 Å². The first-order valence-corrected chi connectivity index (χ1v) is 7.60. The molecule has 0 amide bonds. The standard InChI is InChI=1S/C16H24ClFN2/c1-11(2)14-8-19-16(3,4)10-20(14)9-12-6-5-7-13(17)15(12)18/h5-7,11,14,19H,8-10H2,1-4H3. The van der Waals surface area contributed by atoms with Gasteiger partial charge in [-0.1, -0.05) is 37.6 Å². The Bertz CT molecular complexity index is 474. The molecular weight excluding hydrogens is 275 g/mol. The summed E-state index contributed by atoms with van der Waals surface area (Å²) in [4.78, 5) is 2.37. The minimum Gasteiger partial charge on any atom is -0.309 e. The summed E-state index contributed by atoms with van der Waals surface area (Å²) >= 11 is 5.88. The topological polar surface area (TPSA) is 15.3 Å². The van der Waals surface area contributed by atoms with Crippen LogP contribution in [-0.4, -0.2) is 29.6 Å². The van der Waals surface area contributed by atoms with Crippen molar-refractivity contribution in [3.05, 3.63) is 34.6 Å². The molecule has 1 aromatic rings. The Morgan fingerprint density at radius 1 is 1.45 bits per heavy atom. The molecule has 0 aliphatic carbocycles. The van der Waals surface area contributed by atoms with E-state index < -0.39 is 0 Å². The second-order valence-electron chi connectivity index (χ2n) is 6.69. The SMILES string of the molecule is CC(C)C1CNC(C)(C)CN1Cc1cccc(Cl)c1F. The van der Waals surface area contributed by atoms with Crippen LogP contribution in [0.5, 0.6) is 0 Å². The fourth-order valence-electron chi connectivity index (χ4n) is 2.91. The van der Waals surface area contributed by atoms with Crippen molar-refractivity contribution in [1.29, 1.82) is 0 Å². The highest BCUT2D eigenvalue weighted by Gasteiger charge is 2.34. The van der Waals surface area contributed by atoms with E-state index in [1.165, 1.54) is 0 Å². The van der Waals surface area contributed by atoms with Crippen LogP contribution >= 0.6 is 11.6 Å². The molecule has 1 heterocycles. The number of halogens is 2. The predicted molar refractivity (Wildman–Crippen MR) is 82.5 cm³/mol.